The summed E-state index contributed by atoms with van der Waals surface area (Å²) in [4.78, 5) is 0. The Kier molecular flexibility index (Phi) is 3.25. The Bertz CT molecular complexity index is 596. The van der Waals surface area contributed by atoms with Crippen molar-refractivity contribution in [2.75, 3.05) is 18.5 Å². The molecule has 0 bridgehead atoms. The molecule has 2 aliphatic rings. The molecule has 1 N–H and O–H groups in total. The average Bonchev–Trinajstić information content (AvgIpc) is 3.40. The van der Waals surface area contributed by atoms with Crippen LogP contribution in [0.15, 0.2) is 54.6 Å². The molecule has 0 amide bonds. The largest absolute Gasteiger partial charge is 0.455 e. The zero-order chi connectivity index (χ0) is 14.1. The minimum atomic E-state index is 0.200. The van der Waals surface area contributed by atoms with E-state index in [1.807, 2.05) is 54.6 Å². The van der Waals surface area contributed by atoms with E-state index in [4.69, 9.17) is 14.2 Å². The van der Waals surface area contributed by atoms with E-state index in [0.29, 0.717) is 0 Å². The molecule has 2 fully saturated rings. The van der Waals surface area contributed by atoms with Gasteiger partial charge in [-0.05, 0) is 24.3 Å². The number of benzene rings is 2. The van der Waals surface area contributed by atoms with Gasteiger partial charge < -0.3 is 19.5 Å². The Labute approximate surface area is 123 Å². The van der Waals surface area contributed by atoms with Gasteiger partial charge in [-0.3, -0.25) is 0 Å². The molecule has 0 aromatic heterocycles. The molecule has 21 heavy (non-hydrogen) atoms. The fraction of sp³-hybridized carbons (Fsp3) is 0.294. The first-order valence-corrected chi connectivity index (χ1v) is 7.22. The normalized spacial score (nSPS) is 24.2. The molecular formula is C17H17NO3. The van der Waals surface area contributed by atoms with E-state index < -0.39 is 0 Å². The third-order valence-corrected chi connectivity index (χ3v) is 3.70. The lowest BCUT2D eigenvalue weighted by atomic mass is 10.1. The lowest BCUT2D eigenvalue weighted by Gasteiger charge is -2.18. The summed E-state index contributed by atoms with van der Waals surface area (Å²) < 4.78 is 16.8. The minimum absolute atomic E-state index is 0.200. The van der Waals surface area contributed by atoms with Crippen molar-refractivity contribution in [3.63, 3.8) is 0 Å². The molecule has 0 radical (unpaired) electrons. The SMILES string of the molecule is c1ccc(Oc2ccccc2NC(C2CO2)C2CO2)cc1. The second-order valence-electron chi connectivity index (χ2n) is 5.32. The lowest BCUT2D eigenvalue weighted by molar-refractivity contribution is 0.323. The van der Waals surface area contributed by atoms with E-state index in [-0.39, 0.29) is 18.2 Å². The monoisotopic (exact) mass is 283 g/mol. The molecular weight excluding hydrogens is 266 g/mol. The van der Waals surface area contributed by atoms with Gasteiger partial charge in [0.2, 0.25) is 0 Å². The highest BCUT2D eigenvalue weighted by Crippen LogP contribution is 2.34. The first kappa shape index (κ1) is 12.7. The lowest BCUT2D eigenvalue weighted by Crippen LogP contribution is -2.31. The van der Waals surface area contributed by atoms with E-state index in [1.54, 1.807) is 0 Å². The van der Waals surface area contributed by atoms with Crippen LogP contribution in [0.5, 0.6) is 11.5 Å². The molecule has 2 unspecified atom stereocenters. The van der Waals surface area contributed by atoms with Crippen molar-refractivity contribution >= 4 is 5.69 Å². The van der Waals surface area contributed by atoms with Crippen molar-refractivity contribution in [1.82, 2.24) is 0 Å². The number of epoxide rings is 2. The predicted molar refractivity (Wildman–Crippen MR) is 79.8 cm³/mol. The maximum absolute atomic E-state index is 5.97. The quantitative estimate of drug-likeness (QED) is 0.828. The van der Waals surface area contributed by atoms with Gasteiger partial charge in [-0.1, -0.05) is 30.3 Å². The number of hydrogen-bond donors (Lipinski definition) is 1. The molecule has 4 nitrogen and oxygen atoms in total. The van der Waals surface area contributed by atoms with Gasteiger partial charge >= 0.3 is 0 Å². The third kappa shape index (κ3) is 3.01. The summed E-state index contributed by atoms with van der Waals surface area (Å²) in [6, 6.07) is 18.0. The Morgan fingerprint density at radius 2 is 1.52 bits per heavy atom. The van der Waals surface area contributed by atoms with Crippen LogP contribution in [0.25, 0.3) is 0 Å². The number of nitrogens with one attached hydrogen (secondary N) is 1. The van der Waals surface area contributed by atoms with Crippen LogP contribution in [0.3, 0.4) is 0 Å². The number of hydrogen-bond acceptors (Lipinski definition) is 4. The van der Waals surface area contributed by atoms with Gasteiger partial charge in [0.25, 0.3) is 0 Å². The first-order valence-electron chi connectivity index (χ1n) is 7.22. The summed E-state index contributed by atoms with van der Waals surface area (Å²) in [5.74, 6) is 1.64. The maximum Gasteiger partial charge on any atom is 0.150 e. The van der Waals surface area contributed by atoms with E-state index in [1.165, 1.54) is 0 Å². The van der Waals surface area contributed by atoms with Crippen LogP contribution in [0, 0.1) is 0 Å². The van der Waals surface area contributed by atoms with Crippen LogP contribution >= 0.6 is 0 Å². The van der Waals surface area contributed by atoms with Gasteiger partial charge in [-0.15, -0.1) is 0 Å². The smallest absolute Gasteiger partial charge is 0.150 e. The summed E-state index contributed by atoms with van der Waals surface area (Å²) >= 11 is 0. The Balaban J connectivity index is 1.54. The molecule has 0 spiro atoms. The van der Waals surface area contributed by atoms with Crippen LogP contribution in [0.2, 0.25) is 0 Å². The van der Waals surface area contributed by atoms with E-state index in [9.17, 15) is 0 Å². The summed E-state index contributed by atoms with van der Waals surface area (Å²) in [5, 5.41) is 3.52. The second-order valence-corrected chi connectivity index (χ2v) is 5.32. The van der Waals surface area contributed by atoms with Gasteiger partial charge in [0.1, 0.15) is 18.0 Å². The number of rotatable bonds is 6. The molecule has 108 valence electrons. The Morgan fingerprint density at radius 1 is 0.905 bits per heavy atom. The van der Waals surface area contributed by atoms with Crippen LogP contribution in [-0.2, 0) is 9.47 Å². The second kappa shape index (κ2) is 5.39. The molecule has 4 rings (SSSR count). The Morgan fingerprint density at radius 3 is 2.19 bits per heavy atom. The van der Waals surface area contributed by atoms with Crippen LogP contribution in [0.4, 0.5) is 5.69 Å². The molecule has 2 aliphatic heterocycles. The van der Waals surface area contributed by atoms with Crippen molar-refractivity contribution in [1.29, 1.82) is 0 Å². The van der Waals surface area contributed by atoms with Crippen LogP contribution < -0.4 is 10.1 Å². The van der Waals surface area contributed by atoms with Gasteiger partial charge in [-0.25, -0.2) is 0 Å². The molecule has 2 aromatic carbocycles. The van der Waals surface area contributed by atoms with E-state index in [0.717, 1.165) is 30.4 Å². The molecule has 4 heteroatoms. The molecule has 2 aromatic rings. The predicted octanol–water partition coefficient (Wildman–Crippen LogP) is 3.06. The van der Waals surface area contributed by atoms with Crippen molar-refractivity contribution in [2.24, 2.45) is 0 Å². The summed E-state index contributed by atoms with van der Waals surface area (Å²) in [7, 11) is 0. The summed E-state index contributed by atoms with van der Waals surface area (Å²) in [6.07, 6.45) is 0.504. The third-order valence-electron chi connectivity index (χ3n) is 3.70. The maximum atomic E-state index is 5.97. The number of para-hydroxylation sites is 3. The highest BCUT2D eigenvalue weighted by molar-refractivity contribution is 5.58. The van der Waals surface area contributed by atoms with Crippen LogP contribution in [-0.4, -0.2) is 31.5 Å². The summed E-state index contributed by atoms with van der Waals surface area (Å²) in [6.45, 7) is 1.61. The first-order chi connectivity index (χ1) is 10.4. The van der Waals surface area contributed by atoms with Crippen molar-refractivity contribution in [3.05, 3.63) is 54.6 Å². The van der Waals surface area contributed by atoms with E-state index >= 15 is 0 Å². The number of ether oxygens (including phenoxy) is 3. The van der Waals surface area contributed by atoms with Crippen LogP contribution in [0.1, 0.15) is 0 Å². The van der Waals surface area contributed by atoms with Crippen molar-refractivity contribution < 1.29 is 14.2 Å². The van der Waals surface area contributed by atoms with Crippen molar-refractivity contribution in [3.8, 4) is 11.5 Å². The van der Waals surface area contributed by atoms with E-state index in [2.05, 4.69) is 5.32 Å². The highest BCUT2D eigenvalue weighted by Gasteiger charge is 2.44. The van der Waals surface area contributed by atoms with Crippen molar-refractivity contribution in [2.45, 2.75) is 18.2 Å². The highest BCUT2D eigenvalue weighted by atomic mass is 16.6. The molecule has 2 heterocycles. The fourth-order valence-corrected chi connectivity index (χ4v) is 2.42. The summed E-state index contributed by atoms with van der Waals surface area (Å²) in [5.41, 5.74) is 0.970. The molecule has 2 saturated heterocycles. The van der Waals surface area contributed by atoms with Gasteiger partial charge in [0, 0.05) is 0 Å². The molecule has 0 aliphatic carbocycles. The van der Waals surface area contributed by atoms with Gasteiger partial charge in [0.15, 0.2) is 5.75 Å². The average molecular weight is 283 g/mol. The minimum Gasteiger partial charge on any atom is -0.455 e. The molecule has 2 atom stereocenters. The zero-order valence-corrected chi connectivity index (χ0v) is 11.6. The molecule has 0 saturated carbocycles. The Hall–Kier alpha value is -2.04. The van der Waals surface area contributed by atoms with Gasteiger partial charge in [0.05, 0.1) is 24.9 Å². The van der Waals surface area contributed by atoms with Gasteiger partial charge in [-0.2, -0.15) is 0 Å². The fourth-order valence-electron chi connectivity index (χ4n) is 2.42. The number of anilines is 1. The zero-order valence-electron chi connectivity index (χ0n) is 11.6. The topological polar surface area (TPSA) is 46.3 Å². The standard InChI is InChI=1S/C17H17NO3/c1-2-6-12(7-3-1)21-14-9-5-4-8-13(14)18-17(15-10-19-15)16-11-20-16/h1-9,15-18H,10-11H2.